The Balaban J connectivity index is 1.06. The number of benzene rings is 4. The van der Waals surface area contributed by atoms with Crippen LogP contribution in [-0.4, -0.2) is 54.9 Å². The highest BCUT2D eigenvalue weighted by atomic mass is 16.6. The lowest BCUT2D eigenvalue weighted by atomic mass is 9.82. The van der Waals surface area contributed by atoms with Crippen LogP contribution in [0.2, 0.25) is 0 Å². The van der Waals surface area contributed by atoms with Gasteiger partial charge in [0.25, 0.3) is 0 Å². The summed E-state index contributed by atoms with van der Waals surface area (Å²) in [6, 6.07) is 30.4. The molecule has 10 rings (SSSR count). The highest BCUT2D eigenvalue weighted by molar-refractivity contribution is 6.15. The molecule has 70 heavy (non-hydrogen) atoms. The summed E-state index contributed by atoms with van der Waals surface area (Å²) in [6.07, 6.45) is 12.0. The molecule has 0 bridgehead atoms. The Bertz CT molecular complexity index is 3710. The number of pyridine rings is 2. The number of carbonyl (C=O) groups is 2. The second-order valence-corrected chi connectivity index (χ2v) is 16.0. The predicted molar refractivity (Wildman–Crippen MR) is 262 cm³/mol. The lowest BCUT2D eigenvalue weighted by Crippen LogP contribution is -2.18. The SMILES string of the molecule is COC1=C(OC)CC2C(=C1)C=Cn1c2c(-c2ccc(OC(=O)c3cncc(C#Cc4ccccc4)c3)c(OC)c2)c2c3cc(OC)c(OC(=O)c4cncc(C#Cc5ccccc5)c4)cc3oc(=O)c21. The van der Waals surface area contributed by atoms with Gasteiger partial charge >= 0.3 is 17.6 Å². The second-order valence-electron chi connectivity index (χ2n) is 16.0. The normalized spacial score (nSPS) is 13.4. The molecule has 0 N–H and O–H groups in total. The number of ether oxygens (including phenoxy) is 6. The highest BCUT2D eigenvalue weighted by Gasteiger charge is 2.36. The fourth-order valence-corrected chi connectivity index (χ4v) is 8.54. The molecule has 4 aromatic heterocycles. The molecule has 342 valence electrons. The molecule has 5 heterocycles. The number of rotatable bonds is 9. The van der Waals surface area contributed by atoms with Crippen LogP contribution in [0.3, 0.4) is 0 Å². The Labute approximate surface area is 400 Å². The standard InChI is InChI=1S/C57H39N3O10/c1-64-46-26-39(19-20-44(46)68-55(61)40-23-36(30-58-32-40)17-15-34-11-7-5-8-12-34)51-52-43-28-49(67-4)50(70-56(62)41-24-37(31-59-33-41)18-16-35-13-9-6-10-14-35)29-45(43)69-57(63)54(52)60-22-21-38-25-47(65-2)48(66-3)27-42(38)53(51)60/h5-14,19-26,28-33,42H,27H2,1-4H3. The van der Waals surface area contributed by atoms with E-state index in [0.29, 0.717) is 51.0 Å². The van der Waals surface area contributed by atoms with Gasteiger partial charge in [0.1, 0.15) is 16.9 Å². The van der Waals surface area contributed by atoms with Crippen LogP contribution in [0.15, 0.2) is 166 Å². The molecule has 8 aromatic rings. The molecule has 0 amide bonds. The van der Waals surface area contributed by atoms with Crippen molar-refractivity contribution in [3.8, 4) is 57.8 Å². The summed E-state index contributed by atoms with van der Waals surface area (Å²) >= 11 is 0. The smallest absolute Gasteiger partial charge is 0.361 e. The number of nitrogens with zero attached hydrogens (tertiary/aromatic N) is 3. The Morgan fingerprint density at radius 1 is 0.643 bits per heavy atom. The number of methoxy groups -OCH3 is 4. The fraction of sp³-hybridized carbons (Fsp3) is 0.105. The molecule has 0 fully saturated rings. The van der Waals surface area contributed by atoms with E-state index < -0.39 is 17.6 Å². The molecule has 0 radical (unpaired) electrons. The van der Waals surface area contributed by atoms with Gasteiger partial charge < -0.3 is 37.4 Å². The number of carbonyl (C=O) groups excluding carboxylic acids is 2. The van der Waals surface area contributed by atoms with Gasteiger partial charge in [-0.25, -0.2) is 14.4 Å². The fourth-order valence-electron chi connectivity index (χ4n) is 8.54. The van der Waals surface area contributed by atoms with Crippen LogP contribution in [0.25, 0.3) is 39.2 Å². The van der Waals surface area contributed by atoms with Gasteiger partial charge in [-0.15, -0.1) is 0 Å². The summed E-state index contributed by atoms with van der Waals surface area (Å²) in [5, 5.41) is 0.999. The van der Waals surface area contributed by atoms with E-state index in [0.717, 1.165) is 22.4 Å². The van der Waals surface area contributed by atoms with Gasteiger partial charge in [0.15, 0.2) is 28.8 Å². The average molecular weight is 926 g/mol. The van der Waals surface area contributed by atoms with Crippen molar-refractivity contribution in [3.05, 3.63) is 207 Å². The Morgan fingerprint density at radius 2 is 1.24 bits per heavy atom. The third-order valence-corrected chi connectivity index (χ3v) is 11.8. The zero-order valence-electron chi connectivity index (χ0n) is 38.1. The molecule has 13 nitrogen and oxygen atoms in total. The first-order valence-corrected chi connectivity index (χ1v) is 21.8. The average Bonchev–Trinajstić information content (AvgIpc) is 3.76. The van der Waals surface area contributed by atoms with Crippen LogP contribution in [0.1, 0.15) is 61.0 Å². The Kier molecular flexibility index (Phi) is 12.0. The van der Waals surface area contributed by atoms with E-state index in [-0.39, 0.29) is 51.1 Å². The molecule has 1 aliphatic carbocycles. The zero-order chi connectivity index (χ0) is 48.3. The van der Waals surface area contributed by atoms with Crippen molar-refractivity contribution in [2.24, 2.45) is 0 Å². The van der Waals surface area contributed by atoms with E-state index >= 15 is 0 Å². The van der Waals surface area contributed by atoms with Gasteiger partial charge in [0, 0.05) is 93.7 Å². The van der Waals surface area contributed by atoms with Crippen molar-refractivity contribution in [2.45, 2.75) is 12.3 Å². The first-order valence-electron chi connectivity index (χ1n) is 21.8. The van der Waals surface area contributed by atoms with Gasteiger partial charge in [0.05, 0.1) is 39.6 Å². The lowest BCUT2D eigenvalue weighted by Gasteiger charge is -2.29. The lowest BCUT2D eigenvalue weighted by molar-refractivity contribution is 0.0720. The summed E-state index contributed by atoms with van der Waals surface area (Å²) in [5.41, 5.74) is 5.66. The van der Waals surface area contributed by atoms with E-state index in [9.17, 15) is 14.4 Å². The van der Waals surface area contributed by atoms with E-state index in [1.54, 1.807) is 63.0 Å². The maximum Gasteiger partial charge on any atom is 0.361 e. The molecule has 0 spiro atoms. The molecule has 1 atom stereocenters. The van der Waals surface area contributed by atoms with Crippen LogP contribution in [-0.2, 0) is 9.47 Å². The summed E-state index contributed by atoms with van der Waals surface area (Å²) < 4.78 is 43.0. The number of hydrogen-bond acceptors (Lipinski definition) is 12. The molecule has 0 saturated heterocycles. The van der Waals surface area contributed by atoms with Crippen molar-refractivity contribution < 1.29 is 42.4 Å². The van der Waals surface area contributed by atoms with E-state index in [1.807, 2.05) is 83.6 Å². The first-order chi connectivity index (χ1) is 34.2. The van der Waals surface area contributed by atoms with Crippen LogP contribution < -0.4 is 24.6 Å². The summed E-state index contributed by atoms with van der Waals surface area (Å²) in [4.78, 5) is 50.2. The third-order valence-electron chi connectivity index (χ3n) is 11.8. The van der Waals surface area contributed by atoms with Crippen molar-refractivity contribution in [1.82, 2.24) is 14.5 Å². The van der Waals surface area contributed by atoms with E-state index in [1.165, 1.54) is 32.7 Å². The van der Waals surface area contributed by atoms with E-state index in [2.05, 4.69) is 33.6 Å². The minimum atomic E-state index is -0.732. The summed E-state index contributed by atoms with van der Waals surface area (Å²) in [7, 11) is 6.09. The summed E-state index contributed by atoms with van der Waals surface area (Å²) in [5.74, 6) is 12.3. The molecule has 13 heteroatoms. The van der Waals surface area contributed by atoms with Crippen molar-refractivity contribution >= 4 is 40.0 Å². The number of fused-ring (bicyclic) bond motifs is 7. The van der Waals surface area contributed by atoms with Crippen molar-refractivity contribution in [2.75, 3.05) is 28.4 Å². The number of esters is 2. The second kappa shape index (κ2) is 19.0. The maximum absolute atomic E-state index is 14.4. The predicted octanol–water partition coefficient (Wildman–Crippen LogP) is 9.86. The highest BCUT2D eigenvalue weighted by Crippen LogP contribution is 2.51. The van der Waals surface area contributed by atoms with E-state index in [4.69, 9.17) is 32.8 Å². The maximum atomic E-state index is 14.4. The van der Waals surface area contributed by atoms with Crippen molar-refractivity contribution in [1.29, 1.82) is 0 Å². The van der Waals surface area contributed by atoms with Gasteiger partial charge in [-0.05, 0) is 77.9 Å². The minimum Gasteiger partial charge on any atom is -0.497 e. The van der Waals surface area contributed by atoms with Crippen LogP contribution in [0, 0.1) is 23.7 Å². The van der Waals surface area contributed by atoms with Crippen LogP contribution in [0.5, 0.6) is 23.0 Å². The topological polar surface area (TPSA) is 150 Å². The first kappa shape index (κ1) is 44.3. The number of hydrogen-bond donors (Lipinski definition) is 0. The third kappa shape index (κ3) is 8.51. The molecular weight excluding hydrogens is 887 g/mol. The quantitative estimate of drug-likeness (QED) is 0.0587. The van der Waals surface area contributed by atoms with Crippen LogP contribution in [0.4, 0.5) is 0 Å². The Hall–Kier alpha value is -9.59. The van der Waals surface area contributed by atoms with Gasteiger partial charge in [-0.2, -0.15) is 0 Å². The molecule has 1 aliphatic heterocycles. The number of aromatic nitrogens is 3. The molecule has 0 saturated carbocycles. The van der Waals surface area contributed by atoms with Crippen LogP contribution >= 0.6 is 0 Å². The van der Waals surface area contributed by atoms with Gasteiger partial charge in [-0.3, -0.25) is 9.97 Å². The van der Waals surface area contributed by atoms with Gasteiger partial charge in [0.2, 0.25) is 0 Å². The molecular formula is C57H39N3O10. The number of allylic oxidation sites excluding steroid dienone is 4. The van der Waals surface area contributed by atoms with Gasteiger partial charge in [-0.1, -0.05) is 66.1 Å². The minimum absolute atomic E-state index is 0.00460. The Morgan fingerprint density at radius 3 is 1.84 bits per heavy atom. The van der Waals surface area contributed by atoms with Crippen molar-refractivity contribution in [3.63, 3.8) is 0 Å². The molecule has 2 aliphatic rings. The molecule has 4 aromatic carbocycles. The summed E-state index contributed by atoms with van der Waals surface area (Å²) in [6.45, 7) is 0. The largest absolute Gasteiger partial charge is 0.497 e. The molecule has 1 unspecified atom stereocenters. The zero-order valence-corrected chi connectivity index (χ0v) is 38.1. The monoisotopic (exact) mass is 925 g/mol.